The quantitative estimate of drug-likeness (QED) is 0.481. The van der Waals surface area contributed by atoms with Gasteiger partial charge in [0.2, 0.25) is 0 Å². The van der Waals surface area contributed by atoms with Crippen LogP contribution in [0.5, 0.6) is 0 Å². The number of aromatic nitrogens is 3. The fourth-order valence-corrected chi connectivity index (χ4v) is 4.22. The first-order valence-corrected chi connectivity index (χ1v) is 11.1. The van der Waals surface area contributed by atoms with E-state index in [1.165, 1.54) is 11.1 Å². The van der Waals surface area contributed by atoms with E-state index in [1.54, 1.807) is 12.4 Å². The highest BCUT2D eigenvalue weighted by atomic mass is 16.3. The second-order valence-corrected chi connectivity index (χ2v) is 8.28. The van der Waals surface area contributed by atoms with Crippen LogP contribution in [0.1, 0.15) is 24.0 Å². The van der Waals surface area contributed by atoms with Gasteiger partial charge in [0.1, 0.15) is 5.82 Å². The number of anilines is 1. The molecule has 2 aromatic carbocycles. The maximum atomic E-state index is 9.80. The van der Waals surface area contributed by atoms with Crippen LogP contribution < -0.4 is 5.32 Å². The predicted molar refractivity (Wildman–Crippen MR) is 127 cm³/mol. The molecule has 162 valence electrons. The molecule has 2 N–H and O–H groups in total. The van der Waals surface area contributed by atoms with Crippen LogP contribution in [0.4, 0.5) is 5.82 Å². The van der Waals surface area contributed by atoms with Gasteiger partial charge in [-0.3, -0.25) is 9.88 Å². The largest absolute Gasteiger partial charge is 0.393 e. The fraction of sp³-hybridized carbons (Fsp3) is 0.269. The zero-order valence-electron chi connectivity index (χ0n) is 18.0. The summed E-state index contributed by atoms with van der Waals surface area (Å²) in [7, 11) is 0. The number of likely N-dealkylation sites (tertiary alicyclic amines) is 1. The molecule has 0 amide bonds. The number of fused-ring (bicyclic) bond motifs is 1. The van der Waals surface area contributed by atoms with Gasteiger partial charge < -0.3 is 10.4 Å². The van der Waals surface area contributed by atoms with Crippen molar-refractivity contribution in [1.29, 1.82) is 0 Å². The summed E-state index contributed by atoms with van der Waals surface area (Å²) in [6.07, 6.45) is 5.08. The Balaban J connectivity index is 1.40. The van der Waals surface area contributed by atoms with Crippen molar-refractivity contribution in [3.05, 3.63) is 84.2 Å². The number of nitrogens with zero attached hydrogens (tertiary/aromatic N) is 4. The number of aliphatic hydroxyl groups excluding tert-OH is 1. The van der Waals surface area contributed by atoms with Crippen LogP contribution in [0.25, 0.3) is 22.3 Å². The lowest BCUT2D eigenvalue weighted by atomic mass is 10.0. The molecule has 1 fully saturated rings. The third-order valence-electron chi connectivity index (χ3n) is 6.06. The van der Waals surface area contributed by atoms with Crippen LogP contribution in [0.15, 0.2) is 73.1 Å². The summed E-state index contributed by atoms with van der Waals surface area (Å²) >= 11 is 0. The lowest BCUT2D eigenvalue weighted by Gasteiger charge is -2.30. The highest BCUT2D eigenvalue weighted by Crippen LogP contribution is 2.25. The Kier molecular flexibility index (Phi) is 6.05. The highest BCUT2D eigenvalue weighted by Gasteiger charge is 2.18. The summed E-state index contributed by atoms with van der Waals surface area (Å²) in [6.45, 7) is 3.46. The van der Waals surface area contributed by atoms with Gasteiger partial charge in [-0.05, 0) is 48.2 Å². The van der Waals surface area contributed by atoms with Gasteiger partial charge in [0.25, 0.3) is 0 Å². The number of hydrogen-bond acceptors (Lipinski definition) is 6. The number of benzene rings is 2. The molecule has 6 heteroatoms. The average molecular weight is 426 g/mol. The molecule has 1 aliphatic rings. The van der Waals surface area contributed by atoms with Gasteiger partial charge in [-0.2, -0.15) is 0 Å². The van der Waals surface area contributed by atoms with Crippen LogP contribution in [-0.4, -0.2) is 44.2 Å². The number of pyridine rings is 1. The molecule has 1 aliphatic heterocycles. The Hall–Kier alpha value is -3.35. The van der Waals surface area contributed by atoms with Crippen LogP contribution >= 0.6 is 0 Å². The van der Waals surface area contributed by atoms with E-state index >= 15 is 0 Å². The average Bonchev–Trinajstić information content (AvgIpc) is 2.85. The molecule has 0 radical (unpaired) electrons. The highest BCUT2D eigenvalue weighted by molar-refractivity contribution is 5.90. The third-order valence-corrected chi connectivity index (χ3v) is 6.06. The zero-order chi connectivity index (χ0) is 21.8. The van der Waals surface area contributed by atoms with Crippen LogP contribution in [0.2, 0.25) is 0 Å². The van der Waals surface area contributed by atoms with E-state index in [-0.39, 0.29) is 6.10 Å². The molecule has 3 heterocycles. The van der Waals surface area contributed by atoms with Crippen molar-refractivity contribution in [3.63, 3.8) is 0 Å². The molecule has 32 heavy (non-hydrogen) atoms. The van der Waals surface area contributed by atoms with Gasteiger partial charge >= 0.3 is 0 Å². The number of aliphatic hydroxyl groups is 1. The minimum atomic E-state index is -0.149. The van der Waals surface area contributed by atoms with Crippen molar-refractivity contribution in [1.82, 2.24) is 19.9 Å². The van der Waals surface area contributed by atoms with Crippen molar-refractivity contribution in [2.24, 2.45) is 0 Å². The van der Waals surface area contributed by atoms with E-state index in [9.17, 15) is 5.11 Å². The molecule has 0 aliphatic carbocycles. The van der Waals surface area contributed by atoms with E-state index in [0.29, 0.717) is 12.4 Å². The lowest BCUT2D eigenvalue weighted by molar-refractivity contribution is 0.0791. The van der Waals surface area contributed by atoms with E-state index in [4.69, 9.17) is 9.97 Å². The molecule has 0 atom stereocenters. The molecule has 0 spiro atoms. The molecular formula is C26H27N5O. The van der Waals surface area contributed by atoms with E-state index in [1.807, 2.05) is 30.3 Å². The summed E-state index contributed by atoms with van der Waals surface area (Å²) < 4.78 is 0. The Morgan fingerprint density at radius 2 is 1.59 bits per heavy atom. The normalized spacial score (nSPS) is 15.2. The van der Waals surface area contributed by atoms with Gasteiger partial charge in [0, 0.05) is 49.5 Å². The summed E-state index contributed by atoms with van der Waals surface area (Å²) in [6, 6.07) is 20.5. The van der Waals surface area contributed by atoms with Gasteiger partial charge in [-0.25, -0.2) is 9.97 Å². The first-order chi connectivity index (χ1) is 15.8. The zero-order valence-corrected chi connectivity index (χ0v) is 18.0. The molecule has 5 rings (SSSR count). The van der Waals surface area contributed by atoms with Crippen molar-refractivity contribution in [2.45, 2.75) is 32.0 Å². The Bertz CT molecular complexity index is 1190. The van der Waals surface area contributed by atoms with Crippen LogP contribution in [0.3, 0.4) is 0 Å². The Morgan fingerprint density at radius 1 is 0.875 bits per heavy atom. The molecule has 4 aromatic rings. The summed E-state index contributed by atoms with van der Waals surface area (Å²) in [4.78, 5) is 16.1. The SMILES string of the molecule is OC1CCN(Cc2ccccc2CNc2nc(-c3ccncc3)nc3ccccc23)CC1. The third kappa shape index (κ3) is 4.61. The van der Waals surface area contributed by atoms with Gasteiger partial charge in [-0.1, -0.05) is 36.4 Å². The van der Waals surface area contributed by atoms with E-state index < -0.39 is 0 Å². The maximum Gasteiger partial charge on any atom is 0.162 e. The van der Waals surface area contributed by atoms with Crippen molar-refractivity contribution in [2.75, 3.05) is 18.4 Å². The number of piperidine rings is 1. The monoisotopic (exact) mass is 425 g/mol. The minimum absolute atomic E-state index is 0.149. The topological polar surface area (TPSA) is 74.2 Å². The standard InChI is InChI=1S/C26H27N5O/c32-22-11-15-31(16-12-22)18-21-6-2-1-5-20(21)17-28-26-23-7-3-4-8-24(23)29-25(30-26)19-9-13-27-14-10-19/h1-10,13-14,22,32H,11-12,15-18H2,(H,28,29,30). The van der Waals surface area contributed by atoms with Gasteiger partial charge in [0.05, 0.1) is 11.6 Å². The fourth-order valence-electron chi connectivity index (χ4n) is 4.22. The second-order valence-electron chi connectivity index (χ2n) is 8.28. The van der Waals surface area contributed by atoms with Crippen molar-refractivity contribution >= 4 is 16.7 Å². The Labute approximate surface area is 188 Å². The molecule has 2 aromatic heterocycles. The van der Waals surface area contributed by atoms with Gasteiger partial charge in [0.15, 0.2) is 5.82 Å². The number of para-hydroxylation sites is 1. The van der Waals surface area contributed by atoms with Crippen molar-refractivity contribution < 1.29 is 5.11 Å². The van der Waals surface area contributed by atoms with Crippen molar-refractivity contribution in [3.8, 4) is 11.4 Å². The summed E-state index contributed by atoms with van der Waals surface area (Å²) in [5.41, 5.74) is 4.43. The lowest BCUT2D eigenvalue weighted by Crippen LogP contribution is -2.35. The van der Waals surface area contributed by atoms with Crippen LogP contribution in [0, 0.1) is 0 Å². The maximum absolute atomic E-state index is 9.80. The Morgan fingerprint density at radius 3 is 2.41 bits per heavy atom. The first kappa shape index (κ1) is 20.5. The second kappa shape index (κ2) is 9.42. The van der Waals surface area contributed by atoms with E-state index in [0.717, 1.165) is 54.8 Å². The minimum Gasteiger partial charge on any atom is -0.393 e. The summed E-state index contributed by atoms with van der Waals surface area (Å²) in [5.74, 6) is 1.52. The summed E-state index contributed by atoms with van der Waals surface area (Å²) in [5, 5.41) is 14.4. The molecule has 0 saturated carbocycles. The molecule has 0 unspecified atom stereocenters. The van der Waals surface area contributed by atoms with E-state index in [2.05, 4.69) is 45.5 Å². The predicted octanol–water partition coefficient (Wildman–Crippen LogP) is 4.26. The first-order valence-electron chi connectivity index (χ1n) is 11.1. The molecule has 0 bridgehead atoms. The number of hydrogen-bond donors (Lipinski definition) is 2. The molecule has 6 nitrogen and oxygen atoms in total. The number of rotatable bonds is 6. The molecule has 1 saturated heterocycles. The smallest absolute Gasteiger partial charge is 0.162 e. The number of nitrogens with one attached hydrogen (secondary N) is 1. The molecular weight excluding hydrogens is 398 g/mol. The van der Waals surface area contributed by atoms with Crippen LogP contribution in [-0.2, 0) is 13.1 Å². The van der Waals surface area contributed by atoms with Gasteiger partial charge in [-0.15, -0.1) is 0 Å².